The van der Waals surface area contributed by atoms with Crippen LogP contribution in [0.3, 0.4) is 0 Å². The smallest absolute Gasteiger partial charge is 0.146 e. The fourth-order valence-electron chi connectivity index (χ4n) is 2.56. The van der Waals surface area contributed by atoms with Crippen LogP contribution >= 0.6 is 0 Å². The first-order chi connectivity index (χ1) is 9.20. The van der Waals surface area contributed by atoms with Crippen LogP contribution in [0.15, 0.2) is 24.3 Å². The number of hydrogen-bond acceptors (Lipinski definition) is 3. The molecule has 1 N–H and O–H groups in total. The van der Waals surface area contributed by atoms with Gasteiger partial charge in [0.1, 0.15) is 5.82 Å². The van der Waals surface area contributed by atoms with E-state index in [1.807, 2.05) is 6.07 Å². The van der Waals surface area contributed by atoms with Crippen LogP contribution in [0.5, 0.6) is 0 Å². The van der Waals surface area contributed by atoms with Crippen molar-refractivity contribution in [2.24, 2.45) is 5.92 Å². The van der Waals surface area contributed by atoms with Crippen molar-refractivity contribution in [2.75, 3.05) is 38.6 Å². The second-order valence-electron chi connectivity index (χ2n) is 5.25. The molecule has 0 radical (unpaired) electrons. The van der Waals surface area contributed by atoms with Gasteiger partial charge in [-0.2, -0.15) is 0 Å². The highest BCUT2D eigenvalue weighted by Crippen LogP contribution is 2.19. The van der Waals surface area contributed by atoms with Gasteiger partial charge >= 0.3 is 0 Å². The summed E-state index contributed by atoms with van der Waals surface area (Å²) in [6.07, 6.45) is 1.49. The molecule has 1 aromatic carbocycles. The SMILES string of the molecule is COC1CN(CCNc2ccccc2F)CCC1C. The van der Waals surface area contributed by atoms with Crippen LogP contribution in [0.2, 0.25) is 0 Å². The Labute approximate surface area is 114 Å². The molecule has 1 heterocycles. The van der Waals surface area contributed by atoms with Crippen LogP contribution in [-0.4, -0.2) is 44.3 Å². The minimum absolute atomic E-state index is 0.190. The molecule has 4 heteroatoms. The van der Waals surface area contributed by atoms with Gasteiger partial charge in [-0.1, -0.05) is 19.1 Å². The van der Waals surface area contributed by atoms with E-state index in [4.69, 9.17) is 4.74 Å². The van der Waals surface area contributed by atoms with E-state index < -0.39 is 0 Å². The van der Waals surface area contributed by atoms with E-state index in [0.717, 1.165) is 32.6 Å². The molecule has 1 fully saturated rings. The third kappa shape index (κ3) is 3.91. The van der Waals surface area contributed by atoms with Crippen LogP contribution in [0, 0.1) is 11.7 Å². The molecule has 1 aliphatic rings. The molecule has 1 saturated heterocycles. The van der Waals surface area contributed by atoms with Crippen LogP contribution in [0.25, 0.3) is 0 Å². The third-order valence-electron chi connectivity index (χ3n) is 3.89. The first-order valence-corrected chi connectivity index (χ1v) is 6.94. The Kier molecular flexibility index (Phi) is 5.16. The largest absolute Gasteiger partial charge is 0.381 e. The number of hydrogen-bond donors (Lipinski definition) is 1. The number of nitrogens with one attached hydrogen (secondary N) is 1. The molecule has 0 aromatic heterocycles. The summed E-state index contributed by atoms with van der Waals surface area (Å²) < 4.78 is 18.9. The molecule has 0 saturated carbocycles. The summed E-state index contributed by atoms with van der Waals surface area (Å²) in [5.74, 6) is 0.435. The lowest BCUT2D eigenvalue weighted by Gasteiger charge is -2.36. The van der Waals surface area contributed by atoms with Gasteiger partial charge in [-0.05, 0) is 31.0 Å². The molecule has 0 aliphatic carbocycles. The Morgan fingerprint density at radius 2 is 2.21 bits per heavy atom. The number of benzene rings is 1. The van der Waals surface area contributed by atoms with E-state index >= 15 is 0 Å². The normalized spacial score (nSPS) is 24.4. The van der Waals surface area contributed by atoms with E-state index in [9.17, 15) is 4.39 Å². The lowest BCUT2D eigenvalue weighted by molar-refractivity contribution is -0.00357. The second kappa shape index (κ2) is 6.87. The Morgan fingerprint density at radius 1 is 1.42 bits per heavy atom. The second-order valence-corrected chi connectivity index (χ2v) is 5.25. The molecule has 0 spiro atoms. The van der Waals surface area contributed by atoms with Crippen molar-refractivity contribution in [3.63, 3.8) is 0 Å². The summed E-state index contributed by atoms with van der Waals surface area (Å²) in [7, 11) is 1.78. The van der Waals surface area contributed by atoms with Crippen molar-refractivity contribution in [3.8, 4) is 0 Å². The van der Waals surface area contributed by atoms with Crippen LogP contribution < -0.4 is 5.32 Å². The van der Waals surface area contributed by atoms with E-state index in [1.165, 1.54) is 6.07 Å². The zero-order valence-corrected chi connectivity index (χ0v) is 11.7. The molecule has 2 rings (SSSR count). The average Bonchev–Trinajstić information content (AvgIpc) is 2.43. The molecule has 2 atom stereocenters. The van der Waals surface area contributed by atoms with Crippen molar-refractivity contribution in [3.05, 3.63) is 30.1 Å². The van der Waals surface area contributed by atoms with E-state index in [-0.39, 0.29) is 5.82 Å². The number of para-hydroxylation sites is 1. The fraction of sp³-hybridized carbons (Fsp3) is 0.600. The summed E-state index contributed by atoms with van der Waals surface area (Å²) in [6, 6.07) is 6.79. The van der Waals surface area contributed by atoms with Gasteiger partial charge in [0.15, 0.2) is 0 Å². The van der Waals surface area contributed by atoms with Gasteiger partial charge < -0.3 is 10.1 Å². The number of nitrogens with zero attached hydrogens (tertiary/aromatic N) is 1. The maximum Gasteiger partial charge on any atom is 0.146 e. The molecule has 0 bridgehead atoms. The van der Waals surface area contributed by atoms with Crippen LogP contribution in [-0.2, 0) is 4.74 Å². The van der Waals surface area contributed by atoms with E-state index in [1.54, 1.807) is 19.2 Å². The summed E-state index contributed by atoms with van der Waals surface area (Å²) >= 11 is 0. The molecule has 2 unspecified atom stereocenters. The lowest BCUT2D eigenvalue weighted by atomic mass is 9.96. The topological polar surface area (TPSA) is 24.5 Å². The third-order valence-corrected chi connectivity index (χ3v) is 3.89. The van der Waals surface area contributed by atoms with Gasteiger partial charge in [-0.15, -0.1) is 0 Å². The summed E-state index contributed by atoms with van der Waals surface area (Å²) in [4.78, 5) is 2.38. The van der Waals surface area contributed by atoms with Gasteiger partial charge in [-0.25, -0.2) is 4.39 Å². The standard InChI is InChI=1S/C15H23FN2O/c1-12-7-9-18(11-15(12)19-2)10-8-17-14-6-4-3-5-13(14)16/h3-6,12,15,17H,7-11H2,1-2H3. The predicted molar refractivity (Wildman–Crippen MR) is 75.9 cm³/mol. The van der Waals surface area contributed by atoms with Crippen molar-refractivity contribution < 1.29 is 9.13 Å². The summed E-state index contributed by atoms with van der Waals surface area (Å²) in [6.45, 7) is 5.98. The first kappa shape index (κ1) is 14.3. The molecular formula is C15H23FN2O. The van der Waals surface area contributed by atoms with E-state index in [0.29, 0.717) is 17.7 Å². The summed E-state index contributed by atoms with van der Waals surface area (Å²) in [5.41, 5.74) is 0.580. The predicted octanol–water partition coefficient (Wildman–Crippen LogP) is 2.59. The number of piperidine rings is 1. The van der Waals surface area contributed by atoms with Gasteiger partial charge in [0, 0.05) is 26.7 Å². The van der Waals surface area contributed by atoms with Crippen molar-refractivity contribution in [1.29, 1.82) is 0 Å². The van der Waals surface area contributed by atoms with Gasteiger partial charge in [-0.3, -0.25) is 4.90 Å². The van der Waals surface area contributed by atoms with Crippen molar-refractivity contribution in [1.82, 2.24) is 4.90 Å². The van der Waals surface area contributed by atoms with E-state index in [2.05, 4.69) is 17.1 Å². The van der Waals surface area contributed by atoms with Crippen LogP contribution in [0.4, 0.5) is 10.1 Å². The van der Waals surface area contributed by atoms with Crippen LogP contribution in [0.1, 0.15) is 13.3 Å². The van der Waals surface area contributed by atoms with Crippen molar-refractivity contribution >= 4 is 5.69 Å². The monoisotopic (exact) mass is 266 g/mol. The molecule has 0 amide bonds. The lowest BCUT2D eigenvalue weighted by Crippen LogP contribution is -2.45. The maximum atomic E-state index is 13.4. The molecule has 3 nitrogen and oxygen atoms in total. The minimum atomic E-state index is -0.190. The Morgan fingerprint density at radius 3 is 2.95 bits per heavy atom. The Balaban J connectivity index is 1.76. The van der Waals surface area contributed by atoms with Gasteiger partial charge in [0.25, 0.3) is 0 Å². The highest BCUT2D eigenvalue weighted by molar-refractivity contribution is 5.44. The Bertz CT molecular complexity index is 399. The number of halogens is 1. The van der Waals surface area contributed by atoms with Gasteiger partial charge in [0.05, 0.1) is 11.8 Å². The molecule has 1 aliphatic heterocycles. The maximum absolute atomic E-state index is 13.4. The number of anilines is 1. The quantitative estimate of drug-likeness (QED) is 0.886. The van der Waals surface area contributed by atoms with Gasteiger partial charge in [0.2, 0.25) is 0 Å². The molecular weight excluding hydrogens is 243 g/mol. The number of rotatable bonds is 5. The highest BCUT2D eigenvalue weighted by Gasteiger charge is 2.25. The number of methoxy groups -OCH3 is 1. The molecule has 19 heavy (non-hydrogen) atoms. The van der Waals surface area contributed by atoms with Crippen molar-refractivity contribution in [2.45, 2.75) is 19.4 Å². The number of ether oxygens (including phenoxy) is 1. The Hall–Kier alpha value is -1.13. The average molecular weight is 266 g/mol. The highest BCUT2D eigenvalue weighted by atomic mass is 19.1. The zero-order valence-electron chi connectivity index (χ0n) is 11.7. The fourth-order valence-corrected chi connectivity index (χ4v) is 2.56. The zero-order chi connectivity index (χ0) is 13.7. The summed E-state index contributed by atoms with van der Waals surface area (Å²) in [5, 5.41) is 3.15. The molecule has 106 valence electrons. The minimum Gasteiger partial charge on any atom is -0.381 e. The number of likely N-dealkylation sites (tertiary alicyclic amines) is 1. The molecule has 1 aromatic rings. The first-order valence-electron chi connectivity index (χ1n) is 6.94.